The summed E-state index contributed by atoms with van der Waals surface area (Å²) in [5.41, 5.74) is 2.82. The van der Waals surface area contributed by atoms with E-state index >= 15 is 0 Å². The third-order valence-electron chi connectivity index (χ3n) is 3.17. The molecule has 1 atom stereocenters. The molecule has 1 N–H and O–H groups in total. The summed E-state index contributed by atoms with van der Waals surface area (Å²) < 4.78 is 5.43. The molecule has 96 valence electrons. The van der Waals surface area contributed by atoms with Gasteiger partial charge in [0.25, 0.3) is 0 Å². The molecule has 0 amide bonds. The first-order chi connectivity index (χ1) is 7.88. The molecule has 1 unspecified atom stereocenters. The van der Waals surface area contributed by atoms with Crippen LogP contribution in [0.2, 0.25) is 0 Å². The second-order valence-electron chi connectivity index (χ2n) is 5.67. The summed E-state index contributed by atoms with van der Waals surface area (Å²) in [5, 5.41) is 3.27. The van der Waals surface area contributed by atoms with Gasteiger partial charge in [-0.15, -0.1) is 0 Å². The van der Waals surface area contributed by atoms with Gasteiger partial charge in [0.15, 0.2) is 0 Å². The molecule has 0 saturated heterocycles. The number of nitrogens with one attached hydrogen (secondary N) is 1. The first kappa shape index (κ1) is 14.0. The monoisotopic (exact) mass is 235 g/mol. The lowest BCUT2D eigenvalue weighted by molar-refractivity contribution is 0.406. The average Bonchev–Trinajstić information content (AvgIpc) is 2.27. The van der Waals surface area contributed by atoms with Gasteiger partial charge in [-0.05, 0) is 43.0 Å². The minimum Gasteiger partial charge on any atom is -0.496 e. The van der Waals surface area contributed by atoms with Crippen molar-refractivity contribution in [1.82, 2.24) is 5.32 Å². The van der Waals surface area contributed by atoms with E-state index in [1.54, 1.807) is 7.11 Å². The van der Waals surface area contributed by atoms with Crippen molar-refractivity contribution in [2.75, 3.05) is 14.2 Å². The summed E-state index contributed by atoms with van der Waals surface area (Å²) in [5.74, 6) is 0.986. The highest BCUT2D eigenvalue weighted by atomic mass is 16.5. The lowest BCUT2D eigenvalue weighted by atomic mass is 9.85. The number of hydrogen-bond donors (Lipinski definition) is 1. The normalized spacial score (nSPS) is 13.5. The van der Waals surface area contributed by atoms with E-state index in [0.29, 0.717) is 6.04 Å². The van der Waals surface area contributed by atoms with E-state index in [-0.39, 0.29) is 5.41 Å². The Bertz CT molecular complexity index is 366. The number of benzene rings is 1. The minimum atomic E-state index is 0.184. The first-order valence-electron chi connectivity index (χ1n) is 6.23. The Morgan fingerprint density at radius 2 is 1.94 bits per heavy atom. The smallest absolute Gasteiger partial charge is 0.122 e. The van der Waals surface area contributed by atoms with Crippen LogP contribution in [0, 0.1) is 0 Å². The number of rotatable bonds is 4. The topological polar surface area (TPSA) is 21.3 Å². The Kier molecular flexibility index (Phi) is 4.58. The van der Waals surface area contributed by atoms with E-state index in [1.807, 2.05) is 7.05 Å². The molecule has 0 aliphatic rings. The summed E-state index contributed by atoms with van der Waals surface area (Å²) in [4.78, 5) is 0. The Labute approximate surface area is 105 Å². The number of likely N-dealkylation sites (N-methyl/N-ethyl adjacent to an activating group) is 1. The van der Waals surface area contributed by atoms with Gasteiger partial charge in [-0.2, -0.15) is 0 Å². The van der Waals surface area contributed by atoms with Crippen molar-refractivity contribution in [2.24, 2.45) is 0 Å². The molecule has 0 bridgehead atoms. The summed E-state index contributed by atoms with van der Waals surface area (Å²) in [6.45, 7) is 8.89. The molecule has 0 saturated carbocycles. The molecule has 17 heavy (non-hydrogen) atoms. The van der Waals surface area contributed by atoms with Crippen molar-refractivity contribution >= 4 is 0 Å². The molecule has 0 fully saturated rings. The van der Waals surface area contributed by atoms with Gasteiger partial charge < -0.3 is 10.1 Å². The molecule has 0 heterocycles. The zero-order chi connectivity index (χ0) is 13.1. The van der Waals surface area contributed by atoms with Crippen molar-refractivity contribution in [2.45, 2.75) is 45.6 Å². The molecule has 0 radical (unpaired) electrons. The van der Waals surface area contributed by atoms with Crippen LogP contribution in [0.15, 0.2) is 18.2 Å². The summed E-state index contributed by atoms with van der Waals surface area (Å²) in [6.07, 6.45) is 0.990. The highest BCUT2D eigenvalue weighted by molar-refractivity contribution is 5.40. The SMILES string of the molecule is CNC(C)Cc1cc(C(C)(C)C)ccc1OC. The molecule has 1 rings (SSSR count). The van der Waals surface area contributed by atoms with Gasteiger partial charge in [-0.3, -0.25) is 0 Å². The van der Waals surface area contributed by atoms with Crippen LogP contribution in [0.3, 0.4) is 0 Å². The van der Waals surface area contributed by atoms with Crippen LogP contribution < -0.4 is 10.1 Å². The standard InChI is InChI=1S/C15H25NO/c1-11(16-5)9-12-10-13(15(2,3)4)7-8-14(12)17-6/h7-8,10-11,16H,9H2,1-6H3. The third-order valence-corrected chi connectivity index (χ3v) is 3.17. The van der Waals surface area contributed by atoms with Gasteiger partial charge in [-0.25, -0.2) is 0 Å². The van der Waals surface area contributed by atoms with Crippen LogP contribution in [-0.4, -0.2) is 20.2 Å². The maximum absolute atomic E-state index is 5.43. The zero-order valence-corrected chi connectivity index (χ0v) is 11.9. The highest BCUT2D eigenvalue weighted by Crippen LogP contribution is 2.28. The molecule has 0 spiro atoms. The minimum absolute atomic E-state index is 0.184. The van der Waals surface area contributed by atoms with Gasteiger partial charge in [0.1, 0.15) is 5.75 Å². The number of methoxy groups -OCH3 is 1. The number of hydrogen-bond acceptors (Lipinski definition) is 2. The van der Waals surface area contributed by atoms with Gasteiger partial charge in [0.05, 0.1) is 7.11 Å². The van der Waals surface area contributed by atoms with Crippen molar-refractivity contribution in [3.05, 3.63) is 29.3 Å². The summed E-state index contributed by atoms with van der Waals surface area (Å²) in [7, 11) is 3.73. The van der Waals surface area contributed by atoms with Crippen LogP contribution in [0.1, 0.15) is 38.8 Å². The van der Waals surface area contributed by atoms with E-state index in [9.17, 15) is 0 Å². The first-order valence-corrected chi connectivity index (χ1v) is 6.23. The van der Waals surface area contributed by atoms with Gasteiger partial charge in [-0.1, -0.05) is 32.9 Å². The van der Waals surface area contributed by atoms with E-state index in [2.05, 4.69) is 51.2 Å². The zero-order valence-electron chi connectivity index (χ0n) is 11.9. The fraction of sp³-hybridized carbons (Fsp3) is 0.600. The largest absolute Gasteiger partial charge is 0.496 e. The van der Waals surface area contributed by atoms with E-state index in [4.69, 9.17) is 4.74 Å². The summed E-state index contributed by atoms with van der Waals surface area (Å²) in [6, 6.07) is 6.97. The molecule has 0 aliphatic carbocycles. The number of ether oxygens (including phenoxy) is 1. The van der Waals surface area contributed by atoms with Crippen LogP contribution in [0.4, 0.5) is 0 Å². The lowest BCUT2D eigenvalue weighted by Gasteiger charge is -2.22. The Morgan fingerprint density at radius 1 is 1.29 bits per heavy atom. The van der Waals surface area contributed by atoms with E-state index in [1.165, 1.54) is 11.1 Å². The lowest BCUT2D eigenvalue weighted by Crippen LogP contribution is -2.24. The predicted molar refractivity (Wildman–Crippen MR) is 73.9 cm³/mol. The van der Waals surface area contributed by atoms with Gasteiger partial charge in [0, 0.05) is 6.04 Å². The molecular formula is C15H25NO. The van der Waals surface area contributed by atoms with Crippen LogP contribution in [-0.2, 0) is 11.8 Å². The maximum Gasteiger partial charge on any atom is 0.122 e. The molecular weight excluding hydrogens is 210 g/mol. The molecule has 2 heteroatoms. The van der Waals surface area contributed by atoms with Crippen molar-refractivity contribution < 1.29 is 4.74 Å². The molecule has 1 aromatic carbocycles. The van der Waals surface area contributed by atoms with Crippen LogP contribution >= 0.6 is 0 Å². The van der Waals surface area contributed by atoms with Crippen molar-refractivity contribution in [3.63, 3.8) is 0 Å². The Balaban J connectivity index is 3.07. The van der Waals surface area contributed by atoms with E-state index < -0.39 is 0 Å². The van der Waals surface area contributed by atoms with Crippen molar-refractivity contribution in [3.8, 4) is 5.75 Å². The van der Waals surface area contributed by atoms with Crippen LogP contribution in [0.5, 0.6) is 5.75 Å². The van der Waals surface area contributed by atoms with Crippen LogP contribution in [0.25, 0.3) is 0 Å². The van der Waals surface area contributed by atoms with Gasteiger partial charge >= 0.3 is 0 Å². The quantitative estimate of drug-likeness (QED) is 0.865. The second kappa shape index (κ2) is 5.54. The van der Waals surface area contributed by atoms with Gasteiger partial charge in [0.2, 0.25) is 0 Å². The molecule has 0 aliphatic heterocycles. The maximum atomic E-state index is 5.43. The molecule has 1 aromatic rings. The Hall–Kier alpha value is -1.02. The van der Waals surface area contributed by atoms with E-state index in [0.717, 1.165) is 12.2 Å². The molecule has 0 aromatic heterocycles. The highest BCUT2D eigenvalue weighted by Gasteiger charge is 2.16. The summed E-state index contributed by atoms with van der Waals surface area (Å²) >= 11 is 0. The second-order valence-corrected chi connectivity index (χ2v) is 5.67. The fourth-order valence-electron chi connectivity index (χ4n) is 1.84. The predicted octanol–water partition coefficient (Wildman–Crippen LogP) is 3.14. The van der Waals surface area contributed by atoms with Crippen molar-refractivity contribution in [1.29, 1.82) is 0 Å². The Morgan fingerprint density at radius 3 is 2.41 bits per heavy atom. The average molecular weight is 235 g/mol. The fourth-order valence-corrected chi connectivity index (χ4v) is 1.84. The third kappa shape index (κ3) is 3.74. The molecule has 2 nitrogen and oxygen atoms in total.